The van der Waals surface area contributed by atoms with Gasteiger partial charge in [-0.05, 0) is 51.0 Å². The summed E-state index contributed by atoms with van der Waals surface area (Å²) in [5.74, 6) is -2.04. The van der Waals surface area contributed by atoms with Gasteiger partial charge in [-0.3, -0.25) is 24.0 Å². The van der Waals surface area contributed by atoms with Crippen LogP contribution < -0.4 is 26.6 Å². The van der Waals surface area contributed by atoms with Crippen molar-refractivity contribution in [3.05, 3.63) is 35.9 Å². The number of carbonyl (C=O) groups is 6. The molecule has 1 unspecified atom stereocenters. The van der Waals surface area contributed by atoms with E-state index in [9.17, 15) is 28.8 Å². The molecule has 12 nitrogen and oxygen atoms in total. The van der Waals surface area contributed by atoms with E-state index in [2.05, 4.69) is 26.6 Å². The van der Waals surface area contributed by atoms with Crippen molar-refractivity contribution in [2.75, 3.05) is 13.6 Å². The predicted molar refractivity (Wildman–Crippen MR) is 175 cm³/mol. The summed E-state index contributed by atoms with van der Waals surface area (Å²) in [5.41, 5.74) is 0.0896. The summed E-state index contributed by atoms with van der Waals surface area (Å²) in [5, 5.41) is 11.9. The molecule has 0 bridgehead atoms. The van der Waals surface area contributed by atoms with Crippen LogP contribution in [0.1, 0.15) is 73.8 Å². The lowest BCUT2D eigenvalue weighted by Crippen LogP contribution is -2.56. The van der Waals surface area contributed by atoms with Gasteiger partial charge in [-0.2, -0.15) is 0 Å². The smallest absolute Gasteiger partial charge is 0.408 e. The standard InChI is InChI=1S/C32H51N5O7S/c1-19(2)15-23(37-31(43)44-32(6,7)8)28(40)34-18-26(45-21(5)38)30(42)36-24(16-20(3)4)29(41)35-25(27(39)33-9)17-22-13-11-10-12-14-22/h10-14,19-20,23-26H,15-18H2,1-9H3,(H,33,39)(H,34,40)(H,35,41)(H,36,42)(H,37,43)/t23-,24-,25-,26?/m0/s1. The van der Waals surface area contributed by atoms with E-state index in [4.69, 9.17) is 4.74 Å². The van der Waals surface area contributed by atoms with Gasteiger partial charge in [-0.15, -0.1) is 0 Å². The zero-order valence-electron chi connectivity index (χ0n) is 27.9. The van der Waals surface area contributed by atoms with Crippen LogP contribution in [-0.2, 0) is 35.1 Å². The first-order valence-electron chi connectivity index (χ1n) is 15.2. The Morgan fingerprint density at radius 2 is 1.29 bits per heavy atom. The molecule has 13 heteroatoms. The monoisotopic (exact) mass is 649 g/mol. The average molecular weight is 650 g/mol. The zero-order valence-corrected chi connectivity index (χ0v) is 28.8. The molecular formula is C32H51N5O7S. The molecule has 1 aromatic carbocycles. The summed E-state index contributed by atoms with van der Waals surface area (Å²) in [6.45, 7) is 13.8. The zero-order chi connectivity index (χ0) is 34.3. The summed E-state index contributed by atoms with van der Waals surface area (Å²) in [4.78, 5) is 77.1. The van der Waals surface area contributed by atoms with E-state index in [1.165, 1.54) is 14.0 Å². The van der Waals surface area contributed by atoms with Crippen LogP contribution in [0.4, 0.5) is 4.79 Å². The van der Waals surface area contributed by atoms with Crippen molar-refractivity contribution in [2.24, 2.45) is 11.8 Å². The maximum Gasteiger partial charge on any atom is 0.408 e. The van der Waals surface area contributed by atoms with E-state index in [0.29, 0.717) is 6.42 Å². The van der Waals surface area contributed by atoms with Crippen molar-refractivity contribution in [1.29, 1.82) is 0 Å². The van der Waals surface area contributed by atoms with Gasteiger partial charge in [0.2, 0.25) is 23.6 Å². The molecule has 0 aliphatic heterocycles. The second-order valence-electron chi connectivity index (χ2n) is 12.7. The molecule has 0 saturated carbocycles. The summed E-state index contributed by atoms with van der Waals surface area (Å²) >= 11 is 0.720. The van der Waals surface area contributed by atoms with Crippen molar-refractivity contribution in [1.82, 2.24) is 26.6 Å². The lowest BCUT2D eigenvalue weighted by molar-refractivity contribution is -0.132. The largest absolute Gasteiger partial charge is 0.444 e. The first kappa shape index (κ1) is 39.4. The number of amides is 5. The van der Waals surface area contributed by atoms with Crippen molar-refractivity contribution in [3.63, 3.8) is 0 Å². The molecule has 5 N–H and O–H groups in total. The highest BCUT2D eigenvalue weighted by Gasteiger charge is 2.32. The number of hydrogen-bond acceptors (Lipinski definition) is 8. The molecule has 1 aromatic rings. The van der Waals surface area contributed by atoms with Gasteiger partial charge in [-0.1, -0.05) is 69.8 Å². The van der Waals surface area contributed by atoms with Crippen LogP contribution in [0.2, 0.25) is 0 Å². The minimum atomic E-state index is -1.06. The van der Waals surface area contributed by atoms with Gasteiger partial charge in [-0.25, -0.2) is 4.79 Å². The Labute approximate surface area is 271 Å². The normalized spacial score (nSPS) is 14.0. The van der Waals surface area contributed by atoms with Crippen LogP contribution >= 0.6 is 11.8 Å². The van der Waals surface area contributed by atoms with Crippen LogP contribution in [0.5, 0.6) is 0 Å². The minimum Gasteiger partial charge on any atom is -0.444 e. The Morgan fingerprint density at radius 1 is 0.756 bits per heavy atom. The Balaban J connectivity index is 3.07. The van der Waals surface area contributed by atoms with E-state index in [1.54, 1.807) is 20.8 Å². The highest BCUT2D eigenvalue weighted by atomic mass is 32.2. The molecule has 0 saturated heterocycles. The predicted octanol–water partition coefficient (Wildman–Crippen LogP) is 2.69. The van der Waals surface area contributed by atoms with Gasteiger partial charge in [0.1, 0.15) is 29.0 Å². The number of alkyl carbamates (subject to hydrolysis) is 1. The van der Waals surface area contributed by atoms with Crippen molar-refractivity contribution >= 4 is 46.6 Å². The number of thioether (sulfide) groups is 1. The van der Waals surface area contributed by atoms with Gasteiger partial charge in [0.15, 0.2) is 5.12 Å². The Hall–Kier alpha value is -3.61. The molecule has 0 heterocycles. The maximum absolute atomic E-state index is 13.5. The Bertz CT molecular complexity index is 1150. The van der Waals surface area contributed by atoms with Crippen molar-refractivity contribution < 1.29 is 33.5 Å². The van der Waals surface area contributed by atoms with Crippen LogP contribution in [0, 0.1) is 11.8 Å². The maximum atomic E-state index is 13.5. The van der Waals surface area contributed by atoms with E-state index in [0.717, 1.165) is 17.3 Å². The number of hydrogen-bond donors (Lipinski definition) is 5. The molecule has 5 amide bonds. The van der Waals surface area contributed by atoms with Gasteiger partial charge in [0.25, 0.3) is 0 Å². The number of benzene rings is 1. The topological polar surface area (TPSA) is 172 Å². The van der Waals surface area contributed by atoms with Gasteiger partial charge in [0.05, 0.1) is 0 Å². The van der Waals surface area contributed by atoms with Crippen LogP contribution in [0.3, 0.4) is 0 Å². The van der Waals surface area contributed by atoms with E-state index in [-0.39, 0.29) is 42.2 Å². The first-order valence-corrected chi connectivity index (χ1v) is 16.1. The quantitative estimate of drug-likeness (QED) is 0.182. The summed E-state index contributed by atoms with van der Waals surface area (Å²) < 4.78 is 5.29. The molecule has 0 aromatic heterocycles. The summed E-state index contributed by atoms with van der Waals surface area (Å²) in [7, 11) is 1.48. The fourth-order valence-electron chi connectivity index (χ4n) is 4.33. The van der Waals surface area contributed by atoms with Crippen LogP contribution in [-0.4, -0.2) is 77.4 Å². The second-order valence-corrected chi connectivity index (χ2v) is 14.1. The molecule has 4 atom stereocenters. The molecule has 45 heavy (non-hydrogen) atoms. The highest BCUT2D eigenvalue weighted by molar-refractivity contribution is 8.14. The molecule has 0 spiro atoms. The molecule has 0 aliphatic carbocycles. The lowest BCUT2D eigenvalue weighted by atomic mass is 10.0. The first-order chi connectivity index (χ1) is 20.9. The Kier molecular flexibility index (Phi) is 16.7. The molecule has 1 rings (SSSR count). The van der Waals surface area contributed by atoms with Crippen molar-refractivity contribution in [3.8, 4) is 0 Å². The minimum absolute atomic E-state index is 0.00274. The number of carbonyl (C=O) groups excluding carboxylic acids is 6. The third-order valence-electron chi connectivity index (χ3n) is 6.28. The molecule has 252 valence electrons. The van der Waals surface area contributed by atoms with Gasteiger partial charge in [0, 0.05) is 26.9 Å². The fourth-order valence-corrected chi connectivity index (χ4v) is 5.07. The SMILES string of the molecule is CNC(=O)[C@H](Cc1ccccc1)NC(=O)[C@H](CC(C)C)NC(=O)C(CNC(=O)[C@H](CC(C)C)NC(=O)OC(C)(C)C)SC(C)=O. The van der Waals surface area contributed by atoms with Gasteiger partial charge < -0.3 is 31.3 Å². The van der Waals surface area contributed by atoms with E-state index < -0.39 is 52.8 Å². The number of likely N-dealkylation sites (N-methyl/N-ethyl adjacent to an activating group) is 1. The molecule has 0 radical (unpaired) electrons. The third kappa shape index (κ3) is 16.3. The molecule has 0 aliphatic rings. The summed E-state index contributed by atoms with van der Waals surface area (Å²) in [6, 6.07) is 6.41. The fraction of sp³-hybridized carbons (Fsp3) is 0.625. The van der Waals surface area contributed by atoms with E-state index in [1.807, 2.05) is 58.0 Å². The van der Waals surface area contributed by atoms with Gasteiger partial charge >= 0.3 is 6.09 Å². The number of ether oxygens (including phenoxy) is 1. The number of nitrogens with one attached hydrogen (secondary N) is 5. The Morgan fingerprint density at radius 3 is 1.78 bits per heavy atom. The van der Waals surface area contributed by atoms with Crippen molar-refractivity contribution in [2.45, 2.75) is 104 Å². The average Bonchev–Trinajstić information content (AvgIpc) is 2.92. The third-order valence-corrected chi connectivity index (χ3v) is 7.28. The molecule has 0 fully saturated rings. The second kappa shape index (κ2) is 19.0. The lowest BCUT2D eigenvalue weighted by Gasteiger charge is -2.26. The van der Waals surface area contributed by atoms with Crippen LogP contribution in [0.15, 0.2) is 30.3 Å². The molecular weight excluding hydrogens is 598 g/mol. The number of rotatable bonds is 16. The summed E-state index contributed by atoms with van der Waals surface area (Å²) in [6.07, 6.45) is 0.0796. The van der Waals surface area contributed by atoms with Crippen LogP contribution in [0.25, 0.3) is 0 Å². The van der Waals surface area contributed by atoms with E-state index >= 15 is 0 Å². The highest BCUT2D eigenvalue weighted by Crippen LogP contribution is 2.15.